The molecule has 0 radical (unpaired) electrons. The number of rotatable bonds is 4. The summed E-state index contributed by atoms with van der Waals surface area (Å²) in [5.41, 5.74) is 0.968. The molecule has 0 aliphatic rings. The summed E-state index contributed by atoms with van der Waals surface area (Å²) < 4.78 is 2.51. The highest BCUT2D eigenvalue weighted by Crippen LogP contribution is 2.26. The summed E-state index contributed by atoms with van der Waals surface area (Å²) in [6, 6.07) is 5.79. The van der Waals surface area contributed by atoms with Crippen molar-refractivity contribution in [3.63, 3.8) is 0 Å². The van der Waals surface area contributed by atoms with Crippen molar-refractivity contribution in [3.8, 4) is 11.4 Å². The van der Waals surface area contributed by atoms with Crippen molar-refractivity contribution in [2.24, 2.45) is 5.41 Å². The van der Waals surface area contributed by atoms with Crippen LogP contribution in [0.5, 0.6) is 0 Å². The highest BCUT2D eigenvalue weighted by Gasteiger charge is 2.29. The molecule has 0 aliphatic heterocycles. The number of aromatic nitrogens is 4. The molecular formula is C13H15BrN4O2. The zero-order chi connectivity index (χ0) is 14.9. The summed E-state index contributed by atoms with van der Waals surface area (Å²) in [7, 11) is 0. The highest BCUT2D eigenvalue weighted by atomic mass is 79.9. The Labute approximate surface area is 124 Å². The van der Waals surface area contributed by atoms with E-state index in [4.69, 9.17) is 0 Å². The monoisotopic (exact) mass is 338 g/mol. The molecule has 1 aromatic carbocycles. The van der Waals surface area contributed by atoms with Crippen LogP contribution in [-0.2, 0) is 11.3 Å². The van der Waals surface area contributed by atoms with Crippen LogP contribution in [0.4, 0.5) is 0 Å². The van der Waals surface area contributed by atoms with E-state index >= 15 is 0 Å². The first-order valence-electron chi connectivity index (χ1n) is 6.07. The van der Waals surface area contributed by atoms with Gasteiger partial charge in [0.2, 0.25) is 0 Å². The molecule has 1 aromatic heterocycles. The highest BCUT2D eigenvalue weighted by molar-refractivity contribution is 9.10. The second-order valence-electron chi connectivity index (χ2n) is 5.31. The molecule has 0 amide bonds. The molecule has 2 rings (SSSR count). The Morgan fingerprint density at radius 1 is 1.45 bits per heavy atom. The van der Waals surface area contributed by atoms with Crippen molar-refractivity contribution in [2.75, 3.05) is 0 Å². The fourth-order valence-corrected chi connectivity index (χ4v) is 2.30. The third-order valence-corrected chi connectivity index (χ3v) is 3.58. The van der Waals surface area contributed by atoms with E-state index in [2.05, 4.69) is 31.5 Å². The third kappa shape index (κ3) is 2.87. The zero-order valence-corrected chi connectivity index (χ0v) is 13.0. The Hall–Kier alpha value is -1.76. The fraction of sp³-hybridized carbons (Fsp3) is 0.385. The molecule has 6 nitrogen and oxygen atoms in total. The summed E-state index contributed by atoms with van der Waals surface area (Å²) in [6.07, 6.45) is 0. The van der Waals surface area contributed by atoms with Gasteiger partial charge in [0, 0.05) is 10.0 Å². The van der Waals surface area contributed by atoms with E-state index in [9.17, 15) is 9.90 Å². The maximum atomic E-state index is 11.2. The molecule has 0 saturated heterocycles. The number of aliphatic carboxylic acids is 1. The van der Waals surface area contributed by atoms with Gasteiger partial charge in [-0.3, -0.25) is 4.79 Å². The van der Waals surface area contributed by atoms with Gasteiger partial charge in [-0.2, -0.15) is 0 Å². The van der Waals surface area contributed by atoms with Gasteiger partial charge < -0.3 is 5.11 Å². The molecule has 0 unspecified atom stereocenters. The van der Waals surface area contributed by atoms with Gasteiger partial charge in [-0.1, -0.05) is 15.9 Å². The number of aryl methyl sites for hydroxylation is 1. The lowest BCUT2D eigenvalue weighted by molar-refractivity contribution is -0.147. The van der Waals surface area contributed by atoms with Crippen molar-refractivity contribution < 1.29 is 9.90 Å². The van der Waals surface area contributed by atoms with E-state index in [0.717, 1.165) is 15.6 Å². The number of carboxylic acids is 1. The van der Waals surface area contributed by atoms with E-state index in [0.29, 0.717) is 5.82 Å². The lowest BCUT2D eigenvalue weighted by Gasteiger charge is -2.19. The Balaban J connectivity index is 2.41. The van der Waals surface area contributed by atoms with E-state index in [1.54, 1.807) is 13.8 Å². The molecule has 2 aromatic rings. The molecule has 0 bridgehead atoms. The molecule has 0 aliphatic carbocycles. The molecule has 0 fully saturated rings. The molecule has 1 heterocycles. The van der Waals surface area contributed by atoms with Gasteiger partial charge in [-0.05, 0) is 55.0 Å². The summed E-state index contributed by atoms with van der Waals surface area (Å²) in [5.74, 6) is -0.309. The van der Waals surface area contributed by atoms with Gasteiger partial charge in [-0.25, -0.2) is 4.68 Å². The van der Waals surface area contributed by atoms with Crippen molar-refractivity contribution >= 4 is 21.9 Å². The van der Waals surface area contributed by atoms with Crippen LogP contribution in [-0.4, -0.2) is 31.3 Å². The first kappa shape index (κ1) is 14.6. The largest absolute Gasteiger partial charge is 0.481 e. The molecule has 106 valence electrons. The van der Waals surface area contributed by atoms with Gasteiger partial charge >= 0.3 is 5.97 Å². The molecule has 7 heteroatoms. The molecule has 20 heavy (non-hydrogen) atoms. The van der Waals surface area contributed by atoms with Gasteiger partial charge in [0.15, 0.2) is 5.82 Å². The number of tetrazole rings is 1. The second-order valence-corrected chi connectivity index (χ2v) is 6.22. The number of carbonyl (C=O) groups is 1. The maximum absolute atomic E-state index is 11.2. The number of hydrogen-bond donors (Lipinski definition) is 1. The smallest absolute Gasteiger partial charge is 0.310 e. The number of benzene rings is 1. The number of hydrogen-bond acceptors (Lipinski definition) is 4. The minimum Gasteiger partial charge on any atom is -0.481 e. The van der Waals surface area contributed by atoms with E-state index < -0.39 is 11.4 Å². The second kappa shape index (κ2) is 5.32. The quantitative estimate of drug-likeness (QED) is 0.926. The van der Waals surface area contributed by atoms with Crippen molar-refractivity contribution in [1.29, 1.82) is 0 Å². The average molecular weight is 339 g/mol. The predicted octanol–water partition coefficient (Wildman–Crippen LogP) is 2.52. The first-order valence-corrected chi connectivity index (χ1v) is 6.86. The normalized spacial score (nSPS) is 11.6. The van der Waals surface area contributed by atoms with Crippen LogP contribution in [0.2, 0.25) is 0 Å². The zero-order valence-electron chi connectivity index (χ0n) is 11.5. The minimum absolute atomic E-state index is 0.209. The summed E-state index contributed by atoms with van der Waals surface area (Å²) in [6.45, 7) is 5.46. The predicted molar refractivity (Wildman–Crippen MR) is 77.1 cm³/mol. The minimum atomic E-state index is -0.937. The van der Waals surface area contributed by atoms with Crippen molar-refractivity contribution in [3.05, 3.63) is 28.2 Å². The third-order valence-electron chi connectivity index (χ3n) is 3.09. The van der Waals surface area contributed by atoms with Gasteiger partial charge in [0.1, 0.15) is 0 Å². The van der Waals surface area contributed by atoms with Crippen molar-refractivity contribution in [1.82, 2.24) is 20.2 Å². The SMILES string of the molecule is Cc1cc(Br)ccc1-c1nnnn1CC(C)(C)C(=O)O. The van der Waals surface area contributed by atoms with Crippen LogP contribution in [0, 0.1) is 12.3 Å². The number of carboxylic acid groups (broad SMARTS) is 1. The van der Waals surface area contributed by atoms with Gasteiger partial charge in [0.25, 0.3) is 0 Å². The van der Waals surface area contributed by atoms with E-state index in [1.807, 2.05) is 25.1 Å². The molecular weight excluding hydrogens is 324 g/mol. The summed E-state index contributed by atoms with van der Waals surface area (Å²) >= 11 is 3.41. The van der Waals surface area contributed by atoms with E-state index in [1.165, 1.54) is 4.68 Å². The van der Waals surface area contributed by atoms with Crippen LogP contribution in [0.15, 0.2) is 22.7 Å². The van der Waals surface area contributed by atoms with E-state index in [-0.39, 0.29) is 6.54 Å². The Morgan fingerprint density at radius 2 is 2.15 bits per heavy atom. The topological polar surface area (TPSA) is 80.9 Å². The van der Waals surface area contributed by atoms with Crippen LogP contribution in [0.3, 0.4) is 0 Å². The number of halogens is 1. The molecule has 0 saturated carbocycles. The standard InChI is InChI=1S/C13H15BrN4O2/c1-8-6-9(14)4-5-10(8)11-15-16-17-18(11)7-13(2,3)12(19)20/h4-6H,7H2,1-3H3,(H,19,20). The average Bonchev–Trinajstić information content (AvgIpc) is 2.76. The van der Waals surface area contributed by atoms with Gasteiger partial charge in [-0.15, -0.1) is 5.10 Å². The van der Waals surface area contributed by atoms with Crippen molar-refractivity contribution in [2.45, 2.75) is 27.3 Å². The molecule has 0 atom stereocenters. The summed E-state index contributed by atoms with van der Waals surface area (Å²) in [4.78, 5) is 11.2. The molecule has 0 spiro atoms. The van der Waals surface area contributed by atoms with Crippen LogP contribution >= 0.6 is 15.9 Å². The lowest BCUT2D eigenvalue weighted by atomic mass is 9.94. The first-order chi connectivity index (χ1) is 9.31. The number of nitrogens with zero attached hydrogens (tertiary/aromatic N) is 4. The van der Waals surface area contributed by atoms with Crippen LogP contribution in [0.25, 0.3) is 11.4 Å². The fourth-order valence-electron chi connectivity index (χ4n) is 1.82. The maximum Gasteiger partial charge on any atom is 0.310 e. The lowest BCUT2D eigenvalue weighted by Crippen LogP contribution is -2.30. The van der Waals surface area contributed by atoms with Crippen LogP contribution < -0.4 is 0 Å². The Bertz CT molecular complexity index is 652. The Kier molecular flexibility index (Phi) is 3.89. The van der Waals surface area contributed by atoms with Crippen LogP contribution in [0.1, 0.15) is 19.4 Å². The Morgan fingerprint density at radius 3 is 2.75 bits per heavy atom. The molecule has 1 N–H and O–H groups in total. The summed E-state index contributed by atoms with van der Waals surface area (Å²) in [5, 5.41) is 20.8. The van der Waals surface area contributed by atoms with Gasteiger partial charge in [0.05, 0.1) is 12.0 Å².